The minimum atomic E-state index is -0.464. The Morgan fingerprint density at radius 2 is 2.07 bits per heavy atom. The molecule has 0 fully saturated rings. The summed E-state index contributed by atoms with van der Waals surface area (Å²) in [5.41, 5.74) is 2.08. The summed E-state index contributed by atoms with van der Waals surface area (Å²) in [6, 6.07) is 13.5. The number of amides is 1. The zero-order valence-electron chi connectivity index (χ0n) is 15.7. The van der Waals surface area contributed by atoms with Crippen LogP contribution in [0.4, 0.5) is 0 Å². The Kier molecular flexibility index (Phi) is 5.98. The number of aromatic nitrogens is 4. The minimum absolute atomic E-state index is 0.0983. The molecule has 4 aromatic rings. The van der Waals surface area contributed by atoms with Gasteiger partial charge in [0.2, 0.25) is 5.91 Å². The molecular weight excluding hydrogens is 422 g/mol. The average molecular weight is 442 g/mol. The van der Waals surface area contributed by atoms with E-state index >= 15 is 0 Å². The van der Waals surface area contributed by atoms with Crippen LogP contribution in [-0.4, -0.2) is 32.2 Å². The van der Waals surface area contributed by atoms with E-state index in [1.165, 1.54) is 0 Å². The Hall–Kier alpha value is -2.62. The molecule has 0 aliphatic carbocycles. The van der Waals surface area contributed by atoms with Crippen molar-refractivity contribution in [3.8, 4) is 21.3 Å². The number of thiazole rings is 1. The third-order valence-corrected chi connectivity index (χ3v) is 6.56. The normalized spacial score (nSPS) is 12.0. The monoisotopic (exact) mass is 441 g/mol. The molecule has 148 valence electrons. The summed E-state index contributed by atoms with van der Waals surface area (Å²) in [5, 5.41) is 15.1. The Bertz CT molecular complexity index is 1140. The van der Waals surface area contributed by atoms with Crippen molar-refractivity contribution in [3.63, 3.8) is 0 Å². The molecule has 0 aliphatic heterocycles. The first-order valence-corrected chi connectivity index (χ1v) is 11.3. The SMILES string of the molecule is C[C@H](C(=O)NCCc1csc(-c2ccccc2)n1)n1c(-c2cccs2)n[nH]c1=S. The van der Waals surface area contributed by atoms with Crippen LogP contribution in [0.15, 0.2) is 53.2 Å². The van der Waals surface area contributed by atoms with Crippen molar-refractivity contribution in [2.75, 3.05) is 6.54 Å². The first-order valence-electron chi connectivity index (χ1n) is 9.12. The summed E-state index contributed by atoms with van der Waals surface area (Å²) in [6.45, 7) is 2.34. The molecule has 0 aliphatic rings. The van der Waals surface area contributed by atoms with Gasteiger partial charge in [-0.05, 0) is 30.6 Å². The number of hydrogen-bond donors (Lipinski definition) is 2. The van der Waals surface area contributed by atoms with Gasteiger partial charge < -0.3 is 5.32 Å². The van der Waals surface area contributed by atoms with Gasteiger partial charge in [-0.2, -0.15) is 5.10 Å². The lowest BCUT2D eigenvalue weighted by Gasteiger charge is -2.15. The molecule has 0 saturated heterocycles. The predicted octanol–water partition coefficient (Wildman–Crippen LogP) is 4.71. The van der Waals surface area contributed by atoms with Crippen molar-refractivity contribution in [1.29, 1.82) is 0 Å². The number of nitrogens with one attached hydrogen (secondary N) is 2. The molecule has 1 amide bonds. The highest BCUT2D eigenvalue weighted by Crippen LogP contribution is 2.26. The van der Waals surface area contributed by atoms with E-state index in [1.54, 1.807) is 27.2 Å². The van der Waals surface area contributed by atoms with Gasteiger partial charge in [0, 0.05) is 23.9 Å². The second-order valence-electron chi connectivity index (χ2n) is 6.43. The van der Waals surface area contributed by atoms with Crippen molar-refractivity contribution in [2.24, 2.45) is 0 Å². The summed E-state index contributed by atoms with van der Waals surface area (Å²) in [7, 11) is 0. The van der Waals surface area contributed by atoms with Crippen molar-refractivity contribution in [2.45, 2.75) is 19.4 Å². The topological polar surface area (TPSA) is 75.6 Å². The summed E-state index contributed by atoms with van der Waals surface area (Å²) in [5.74, 6) is 0.582. The number of rotatable bonds is 7. The fourth-order valence-electron chi connectivity index (χ4n) is 2.96. The molecule has 29 heavy (non-hydrogen) atoms. The standard InChI is InChI=1S/C20H19N5OS3/c1-13(25-17(23-24-20(25)27)16-8-5-11-28-16)18(26)21-10-9-15-12-29-19(22-15)14-6-3-2-4-7-14/h2-8,11-13H,9-10H2,1H3,(H,21,26)(H,24,27)/t13-/m1/s1. The third kappa shape index (κ3) is 4.36. The Morgan fingerprint density at radius 3 is 2.83 bits per heavy atom. The van der Waals surface area contributed by atoms with Crippen LogP contribution in [0.2, 0.25) is 0 Å². The fourth-order valence-corrected chi connectivity index (χ4v) is 4.82. The number of benzene rings is 1. The molecule has 1 atom stereocenters. The van der Waals surface area contributed by atoms with Crippen LogP contribution in [-0.2, 0) is 11.2 Å². The zero-order chi connectivity index (χ0) is 20.2. The molecule has 3 heterocycles. The second-order valence-corrected chi connectivity index (χ2v) is 8.62. The van der Waals surface area contributed by atoms with Crippen LogP contribution in [0.1, 0.15) is 18.7 Å². The van der Waals surface area contributed by atoms with Gasteiger partial charge in [0.1, 0.15) is 11.0 Å². The first kappa shape index (κ1) is 19.7. The number of aromatic amines is 1. The van der Waals surface area contributed by atoms with Gasteiger partial charge in [-0.15, -0.1) is 22.7 Å². The van der Waals surface area contributed by atoms with E-state index in [1.807, 2.05) is 60.1 Å². The van der Waals surface area contributed by atoms with E-state index in [-0.39, 0.29) is 5.91 Å². The number of carbonyl (C=O) groups is 1. The predicted molar refractivity (Wildman–Crippen MR) is 120 cm³/mol. The van der Waals surface area contributed by atoms with Crippen LogP contribution in [0.25, 0.3) is 21.3 Å². The number of nitrogens with zero attached hydrogens (tertiary/aromatic N) is 3. The number of carbonyl (C=O) groups excluding carboxylic acids is 1. The molecule has 9 heteroatoms. The molecule has 4 rings (SSSR count). The Morgan fingerprint density at radius 1 is 1.24 bits per heavy atom. The third-order valence-electron chi connectivity index (χ3n) is 4.47. The fraction of sp³-hybridized carbons (Fsp3) is 0.200. The smallest absolute Gasteiger partial charge is 0.242 e. The van der Waals surface area contributed by atoms with Crippen molar-refractivity contribution >= 4 is 40.8 Å². The van der Waals surface area contributed by atoms with Crippen LogP contribution < -0.4 is 5.32 Å². The molecule has 0 radical (unpaired) electrons. The van der Waals surface area contributed by atoms with Gasteiger partial charge in [-0.3, -0.25) is 14.5 Å². The maximum Gasteiger partial charge on any atom is 0.242 e. The van der Waals surface area contributed by atoms with Crippen molar-refractivity contribution < 1.29 is 4.79 Å². The van der Waals surface area contributed by atoms with Crippen LogP contribution in [0, 0.1) is 4.77 Å². The van der Waals surface area contributed by atoms with E-state index in [9.17, 15) is 4.79 Å². The Labute approximate surface area is 181 Å². The Balaban J connectivity index is 1.38. The molecule has 0 saturated carbocycles. The molecule has 0 bridgehead atoms. The highest BCUT2D eigenvalue weighted by atomic mass is 32.1. The van der Waals surface area contributed by atoms with E-state index < -0.39 is 6.04 Å². The van der Waals surface area contributed by atoms with Gasteiger partial charge in [0.25, 0.3) is 0 Å². The highest BCUT2D eigenvalue weighted by molar-refractivity contribution is 7.71. The molecule has 6 nitrogen and oxygen atoms in total. The summed E-state index contributed by atoms with van der Waals surface area (Å²) in [6.07, 6.45) is 0.677. The van der Waals surface area contributed by atoms with Crippen LogP contribution in [0.3, 0.4) is 0 Å². The van der Waals surface area contributed by atoms with E-state index in [4.69, 9.17) is 12.2 Å². The molecule has 0 unspecified atom stereocenters. The lowest BCUT2D eigenvalue weighted by molar-refractivity contribution is -0.123. The van der Waals surface area contributed by atoms with Gasteiger partial charge in [-0.1, -0.05) is 36.4 Å². The van der Waals surface area contributed by atoms with Crippen LogP contribution >= 0.6 is 34.9 Å². The number of H-pyrrole nitrogens is 1. The summed E-state index contributed by atoms with van der Waals surface area (Å²) >= 11 is 8.52. The molecule has 0 spiro atoms. The molecule has 3 aromatic heterocycles. The quantitative estimate of drug-likeness (QED) is 0.407. The maximum absolute atomic E-state index is 12.7. The number of hydrogen-bond acceptors (Lipinski definition) is 6. The largest absolute Gasteiger partial charge is 0.354 e. The second kappa shape index (κ2) is 8.81. The highest BCUT2D eigenvalue weighted by Gasteiger charge is 2.21. The average Bonchev–Trinajstić information content (AvgIpc) is 3.49. The van der Waals surface area contributed by atoms with E-state index in [0.29, 0.717) is 23.6 Å². The lowest BCUT2D eigenvalue weighted by atomic mass is 10.2. The first-order chi connectivity index (χ1) is 14.1. The van der Waals surface area contributed by atoms with Gasteiger partial charge in [-0.25, -0.2) is 4.98 Å². The molecular formula is C20H19N5OS3. The van der Waals surface area contributed by atoms with Crippen molar-refractivity contribution in [3.05, 3.63) is 63.7 Å². The van der Waals surface area contributed by atoms with Gasteiger partial charge in [0.05, 0.1) is 10.6 Å². The summed E-state index contributed by atoms with van der Waals surface area (Å²) in [4.78, 5) is 18.3. The summed E-state index contributed by atoms with van der Waals surface area (Å²) < 4.78 is 2.19. The number of thiophene rings is 1. The van der Waals surface area contributed by atoms with Crippen LogP contribution in [0.5, 0.6) is 0 Å². The molecule has 2 N–H and O–H groups in total. The zero-order valence-corrected chi connectivity index (χ0v) is 18.1. The minimum Gasteiger partial charge on any atom is -0.354 e. The van der Waals surface area contributed by atoms with Gasteiger partial charge >= 0.3 is 0 Å². The van der Waals surface area contributed by atoms with Gasteiger partial charge in [0.15, 0.2) is 10.6 Å². The maximum atomic E-state index is 12.7. The van der Waals surface area contributed by atoms with Crippen molar-refractivity contribution in [1.82, 2.24) is 25.1 Å². The molecule has 1 aromatic carbocycles. The van der Waals surface area contributed by atoms with E-state index in [2.05, 4.69) is 20.5 Å². The lowest BCUT2D eigenvalue weighted by Crippen LogP contribution is -2.32. The van der Waals surface area contributed by atoms with E-state index in [0.717, 1.165) is 21.1 Å².